The predicted octanol–water partition coefficient (Wildman–Crippen LogP) is 5.27. The summed E-state index contributed by atoms with van der Waals surface area (Å²) in [6.07, 6.45) is 11.4. The van der Waals surface area contributed by atoms with Crippen LogP contribution in [0.2, 0.25) is 0 Å². The quantitative estimate of drug-likeness (QED) is 0.351. The van der Waals surface area contributed by atoms with Crippen molar-refractivity contribution in [2.24, 2.45) is 5.92 Å². The van der Waals surface area contributed by atoms with Crippen LogP contribution in [0.1, 0.15) is 40.5 Å². The lowest BCUT2D eigenvalue weighted by molar-refractivity contribution is 0.656. The van der Waals surface area contributed by atoms with Crippen LogP contribution in [0.4, 0.5) is 0 Å². The zero-order valence-corrected chi connectivity index (χ0v) is 12.0. The van der Waals surface area contributed by atoms with E-state index in [1.54, 1.807) is 0 Å². The van der Waals surface area contributed by atoms with Crippen molar-refractivity contribution in [1.29, 1.82) is 0 Å². The minimum atomic E-state index is 0.666. The molecular weight excluding hydrogens is 248 g/mol. The number of hydrogen-bond donors (Lipinski definition) is 0. The van der Waals surface area contributed by atoms with Crippen molar-refractivity contribution in [1.82, 2.24) is 0 Å². The highest BCUT2D eigenvalue weighted by atomic mass is 79.9. The van der Waals surface area contributed by atoms with E-state index < -0.39 is 0 Å². The van der Waals surface area contributed by atoms with Gasteiger partial charge in [-0.25, -0.2) is 0 Å². The minimum absolute atomic E-state index is 0.666. The molecular formula is C14H23Br. The first-order valence-corrected chi connectivity index (χ1v) is 6.72. The van der Waals surface area contributed by atoms with Gasteiger partial charge < -0.3 is 0 Å². The van der Waals surface area contributed by atoms with Crippen LogP contribution in [-0.2, 0) is 0 Å². The number of rotatable bonds is 6. The van der Waals surface area contributed by atoms with Gasteiger partial charge in [-0.05, 0) is 39.5 Å². The van der Waals surface area contributed by atoms with Gasteiger partial charge in [-0.1, -0.05) is 58.3 Å². The number of halogens is 1. The van der Waals surface area contributed by atoms with Crippen molar-refractivity contribution in [2.45, 2.75) is 40.5 Å². The molecule has 0 rings (SSSR count). The molecule has 0 fully saturated rings. The topological polar surface area (TPSA) is 0 Å². The van der Waals surface area contributed by atoms with E-state index in [4.69, 9.17) is 0 Å². The molecule has 0 aliphatic heterocycles. The molecule has 0 heterocycles. The number of hydrogen-bond acceptors (Lipinski definition) is 0. The molecule has 0 N–H and O–H groups in total. The lowest BCUT2D eigenvalue weighted by atomic mass is 10.0. The summed E-state index contributed by atoms with van der Waals surface area (Å²) in [5.41, 5.74) is 2.75. The first-order valence-electron chi connectivity index (χ1n) is 5.60. The highest BCUT2D eigenvalue weighted by molar-refractivity contribution is 9.09. The molecule has 0 bridgehead atoms. The van der Waals surface area contributed by atoms with E-state index in [9.17, 15) is 0 Å². The maximum absolute atomic E-state index is 3.40. The molecule has 15 heavy (non-hydrogen) atoms. The van der Waals surface area contributed by atoms with Crippen molar-refractivity contribution in [3.8, 4) is 0 Å². The summed E-state index contributed by atoms with van der Waals surface area (Å²) >= 11 is 3.40. The molecule has 0 aliphatic carbocycles. The maximum atomic E-state index is 3.40. The summed E-state index contributed by atoms with van der Waals surface area (Å²) in [7, 11) is 0. The van der Waals surface area contributed by atoms with Gasteiger partial charge in [0.2, 0.25) is 0 Å². The maximum Gasteiger partial charge on any atom is 0.0217 e. The summed E-state index contributed by atoms with van der Waals surface area (Å²) in [6.45, 7) is 8.73. The summed E-state index contributed by atoms with van der Waals surface area (Å²) in [6, 6.07) is 0. The molecule has 0 amide bonds. The molecule has 0 nitrogen and oxygen atoms in total. The molecule has 0 spiro atoms. The molecule has 0 aromatic heterocycles. The summed E-state index contributed by atoms with van der Waals surface area (Å²) in [5.74, 6) is 0.666. The zero-order valence-electron chi connectivity index (χ0n) is 10.4. The Hall–Kier alpha value is -0.300. The summed E-state index contributed by atoms with van der Waals surface area (Å²) in [5, 5.41) is 0.940. The lowest BCUT2D eigenvalue weighted by Gasteiger charge is -2.03. The van der Waals surface area contributed by atoms with Gasteiger partial charge in [0.1, 0.15) is 0 Å². The van der Waals surface area contributed by atoms with E-state index >= 15 is 0 Å². The van der Waals surface area contributed by atoms with Gasteiger partial charge in [0.05, 0.1) is 0 Å². The van der Waals surface area contributed by atoms with Crippen molar-refractivity contribution >= 4 is 15.9 Å². The molecule has 1 heteroatoms. The molecule has 1 unspecified atom stereocenters. The summed E-state index contributed by atoms with van der Waals surface area (Å²) < 4.78 is 0. The third-order valence-corrected chi connectivity index (χ3v) is 2.59. The Morgan fingerprint density at radius 3 is 2.40 bits per heavy atom. The second kappa shape index (κ2) is 8.96. The van der Waals surface area contributed by atoms with Crippen LogP contribution in [0, 0.1) is 5.92 Å². The number of allylic oxidation sites excluding steroid dienone is 6. The van der Waals surface area contributed by atoms with Crippen LogP contribution in [0.5, 0.6) is 0 Å². The Morgan fingerprint density at radius 1 is 1.20 bits per heavy atom. The Morgan fingerprint density at radius 2 is 1.87 bits per heavy atom. The van der Waals surface area contributed by atoms with Crippen LogP contribution >= 0.6 is 15.9 Å². The van der Waals surface area contributed by atoms with Crippen molar-refractivity contribution in [3.63, 3.8) is 0 Å². The monoisotopic (exact) mass is 270 g/mol. The molecule has 1 atom stereocenters. The van der Waals surface area contributed by atoms with E-state index in [1.807, 2.05) is 0 Å². The largest absolute Gasteiger partial charge is 0.0883 e. The van der Waals surface area contributed by atoms with Gasteiger partial charge in [-0.15, -0.1) is 0 Å². The standard InChI is InChI=1S/C14H23Br/c1-12(2)6-5-7-13(3)8-9-14(4)10-11-15/h6,8-10,13H,5,7,11H2,1-4H3. The van der Waals surface area contributed by atoms with Crippen LogP contribution in [-0.4, -0.2) is 5.33 Å². The van der Waals surface area contributed by atoms with Crippen LogP contribution in [0.15, 0.2) is 35.5 Å². The van der Waals surface area contributed by atoms with Crippen molar-refractivity contribution < 1.29 is 0 Å². The van der Waals surface area contributed by atoms with Crippen LogP contribution < -0.4 is 0 Å². The fourth-order valence-corrected chi connectivity index (χ4v) is 1.75. The lowest BCUT2D eigenvalue weighted by Crippen LogP contribution is -1.88. The Balaban J connectivity index is 3.88. The van der Waals surface area contributed by atoms with Gasteiger partial charge in [-0.2, -0.15) is 0 Å². The molecule has 86 valence electrons. The minimum Gasteiger partial charge on any atom is -0.0883 e. The third kappa shape index (κ3) is 9.99. The Bertz CT molecular complexity index is 242. The van der Waals surface area contributed by atoms with E-state index in [0.717, 1.165) is 5.33 Å². The van der Waals surface area contributed by atoms with Crippen LogP contribution in [0.3, 0.4) is 0 Å². The third-order valence-electron chi connectivity index (χ3n) is 2.26. The summed E-state index contributed by atoms with van der Waals surface area (Å²) in [4.78, 5) is 0. The van der Waals surface area contributed by atoms with E-state index in [0.29, 0.717) is 5.92 Å². The van der Waals surface area contributed by atoms with Gasteiger partial charge >= 0.3 is 0 Å². The van der Waals surface area contributed by atoms with Crippen molar-refractivity contribution in [2.75, 3.05) is 5.33 Å². The Labute approximate surface area is 103 Å². The smallest absolute Gasteiger partial charge is 0.0217 e. The average Bonchev–Trinajstić information content (AvgIpc) is 2.14. The second-order valence-electron chi connectivity index (χ2n) is 4.30. The molecule has 0 saturated heterocycles. The molecule has 0 aliphatic rings. The average molecular weight is 271 g/mol. The first kappa shape index (κ1) is 14.7. The highest BCUT2D eigenvalue weighted by Crippen LogP contribution is 2.10. The van der Waals surface area contributed by atoms with Crippen LogP contribution in [0.25, 0.3) is 0 Å². The fraction of sp³-hybridized carbons (Fsp3) is 0.571. The molecule has 0 aromatic rings. The van der Waals surface area contributed by atoms with Gasteiger partial charge in [0, 0.05) is 5.33 Å². The zero-order chi connectivity index (χ0) is 11.7. The first-order chi connectivity index (χ1) is 7.06. The molecule has 0 saturated carbocycles. The van der Waals surface area contributed by atoms with Gasteiger partial charge in [0.15, 0.2) is 0 Å². The normalized spacial score (nSPS) is 14.3. The Kier molecular flexibility index (Phi) is 8.79. The molecule has 0 radical (unpaired) electrons. The van der Waals surface area contributed by atoms with Crippen molar-refractivity contribution in [3.05, 3.63) is 35.5 Å². The highest BCUT2D eigenvalue weighted by Gasteiger charge is 1.94. The molecule has 0 aromatic carbocycles. The van der Waals surface area contributed by atoms with E-state index in [2.05, 4.69) is 67.9 Å². The number of alkyl halides is 1. The van der Waals surface area contributed by atoms with Gasteiger partial charge in [-0.3, -0.25) is 0 Å². The predicted molar refractivity (Wildman–Crippen MR) is 74.5 cm³/mol. The second-order valence-corrected chi connectivity index (χ2v) is 4.95. The van der Waals surface area contributed by atoms with E-state index in [1.165, 1.54) is 24.0 Å². The van der Waals surface area contributed by atoms with Gasteiger partial charge in [0.25, 0.3) is 0 Å². The fourth-order valence-electron chi connectivity index (χ4n) is 1.24. The van der Waals surface area contributed by atoms with E-state index in [-0.39, 0.29) is 0 Å². The SMILES string of the molecule is CC(C)=CCCC(C)C=CC(C)=CCBr.